The molecule has 1 heterocycles. The van der Waals surface area contributed by atoms with Crippen LogP contribution < -0.4 is 15.4 Å². The average Bonchev–Trinajstić information content (AvgIpc) is 2.68. The number of aromatic nitrogens is 2. The van der Waals surface area contributed by atoms with Gasteiger partial charge in [-0.1, -0.05) is 6.07 Å². The third-order valence-corrected chi connectivity index (χ3v) is 4.12. The Morgan fingerprint density at radius 3 is 2.82 bits per heavy atom. The molecule has 1 unspecified atom stereocenters. The molecule has 0 bridgehead atoms. The third-order valence-electron chi connectivity index (χ3n) is 4.12. The quantitative estimate of drug-likeness (QED) is 0.366. The zero-order valence-corrected chi connectivity index (χ0v) is 15.6. The topological polar surface area (TPSA) is 117 Å². The summed E-state index contributed by atoms with van der Waals surface area (Å²) in [5.74, 6) is 0.914. The molecular weight excluding hydrogens is 360 g/mol. The number of carbonyl (C=O) groups excluding carboxylic acids is 1. The Hall–Kier alpha value is -3.39. The van der Waals surface area contributed by atoms with E-state index in [-0.39, 0.29) is 18.9 Å². The number of hydrogen-bond donors (Lipinski definition) is 4. The van der Waals surface area contributed by atoms with E-state index in [0.29, 0.717) is 22.5 Å². The van der Waals surface area contributed by atoms with Crippen LogP contribution in [0.3, 0.4) is 0 Å². The fourth-order valence-electron chi connectivity index (χ4n) is 2.65. The van der Waals surface area contributed by atoms with Crippen molar-refractivity contribution < 1.29 is 19.7 Å². The first kappa shape index (κ1) is 19.4. The lowest BCUT2D eigenvalue weighted by molar-refractivity contribution is -0.128. The summed E-state index contributed by atoms with van der Waals surface area (Å²) in [4.78, 5) is 20.0. The summed E-state index contributed by atoms with van der Waals surface area (Å²) < 4.78 is 5.81. The molecule has 0 saturated carbocycles. The van der Waals surface area contributed by atoms with Gasteiger partial charge in [-0.2, -0.15) is 0 Å². The van der Waals surface area contributed by atoms with E-state index in [1.807, 2.05) is 25.1 Å². The summed E-state index contributed by atoms with van der Waals surface area (Å²) in [6.45, 7) is 3.70. The second-order valence-corrected chi connectivity index (χ2v) is 6.31. The van der Waals surface area contributed by atoms with E-state index in [0.717, 1.165) is 11.3 Å². The molecule has 2 aromatic carbocycles. The van der Waals surface area contributed by atoms with Gasteiger partial charge in [0.2, 0.25) is 5.91 Å². The van der Waals surface area contributed by atoms with Crippen LogP contribution in [0.25, 0.3) is 10.9 Å². The Bertz CT molecular complexity index is 986. The van der Waals surface area contributed by atoms with Crippen LogP contribution >= 0.6 is 0 Å². The predicted molar refractivity (Wildman–Crippen MR) is 106 cm³/mol. The zero-order valence-electron chi connectivity index (χ0n) is 15.6. The van der Waals surface area contributed by atoms with E-state index < -0.39 is 12.0 Å². The number of fused-ring (bicyclic) bond motifs is 1. The number of amides is 1. The van der Waals surface area contributed by atoms with Gasteiger partial charge >= 0.3 is 0 Å². The number of nitrogens with one attached hydrogen (secondary N) is 2. The Morgan fingerprint density at radius 1 is 1.25 bits per heavy atom. The molecule has 0 aliphatic heterocycles. The average molecular weight is 382 g/mol. The van der Waals surface area contributed by atoms with Crippen LogP contribution in [0.15, 0.2) is 42.7 Å². The van der Waals surface area contributed by atoms with Crippen LogP contribution in [0.4, 0.5) is 11.5 Å². The molecule has 8 heteroatoms. The van der Waals surface area contributed by atoms with E-state index in [9.17, 15) is 15.0 Å². The lowest BCUT2D eigenvalue weighted by atomic mass is 10.2. The van der Waals surface area contributed by atoms with Crippen molar-refractivity contribution >= 4 is 28.3 Å². The second kappa shape index (κ2) is 8.53. The van der Waals surface area contributed by atoms with Gasteiger partial charge < -0.3 is 25.6 Å². The number of aromatic hydroxyl groups is 1. The van der Waals surface area contributed by atoms with Gasteiger partial charge in [0.25, 0.3) is 0 Å². The number of rotatable bonds is 7. The van der Waals surface area contributed by atoms with Gasteiger partial charge in [0.05, 0.1) is 17.4 Å². The number of aryl methyl sites for hydroxylation is 1. The molecule has 0 aliphatic carbocycles. The lowest BCUT2D eigenvalue weighted by Crippen LogP contribution is -2.35. The van der Waals surface area contributed by atoms with E-state index in [4.69, 9.17) is 4.74 Å². The first-order chi connectivity index (χ1) is 13.5. The van der Waals surface area contributed by atoms with Gasteiger partial charge in [0.1, 0.15) is 36.4 Å². The summed E-state index contributed by atoms with van der Waals surface area (Å²) in [6, 6.07) is 10.7. The smallest absolute Gasteiger partial charge is 0.248 e. The SMILES string of the molecule is Cc1cc(Nc2ncnc3cccc(OCCNC(=O)C(C)O)c23)ccc1O. The van der Waals surface area contributed by atoms with Crippen molar-refractivity contribution in [1.29, 1.82) is 0 Å². The Morgan fingerprint density at radius 2 is 2.07 bits per heavy atom. The highest BCUT2D eigenvalue weighted by atomic mass is 16.5. The van der Waals surface area contributed by atoms with Gasteiger partial charge in [-0.25, -0.2) is 9.97 Å². The van der Waals surface area contributed by atoms with Crippen molar-refractivity contribution in [1.82, 2.24) is 15.3 Å². The van der Waals surface area contributed by atoms with Crippen molar-refractivity contribution in [3.05, 3.63) is 48.3 Å². The number of hydrogen-bond acceptors (Lipinski definition) is 7. The number of phenolic OH excluding ortho intramolecular Hbond substituents is 1. The molecule has 0 radical (unpaired) electrons. The maximum Gasteiger partial charge on any atom is 0.248 e. The minimum Gasteiger partial charge on any atom is -0.508 e. The van der Waals surface area contributed by atoms with Crippen molar-refractivity contribution in [2.75, 3.05) is 18.5 Å². The van der Waals surface area contributed by atoms with E-state index >= 15 is 0 Å². The standard InChI is InChI=1S/C20H22N4O4/c1-12-10-14(6-7-16(12)26)24-19-18-15(22-11-23-19)4-3-5-17(18)28-9-8-21-20(27)13(2)25/h3-7,10-11,13,25-26H,8-9H2,1-2H3,(H,21,27)(H,22,23,24). The number of anilines is 2. The molecule has 3 aromatic rings. The molecule has 0 fully saturated rings. The number of nitrogens with zero attached hydrogens (tertiary/aromatic N) is 2. The Labute approximate surface area is 162 Å². The van der Waals surface area contributed by atoms with Crippen LogP contribution in [0.5, 0.6) is 11.5 Å². The fraction of sp³-hybridized carbons (Fsp3) is 0.250. The molecule has 1 atom stereocenters. The highest BCUT2D eigenvalue weighted by molar-refractivity contribution is 5.95. The summed E-state index contributed by atoms with van der Waals surface area (Å²) in [5, 5.41) is 25.4. The third kappa shape index (κ3) is 4.47. The van der Waals surface area contributed by atoms with Gasteiger partial charge in [0.15, 0.2) is 0 Å². The number of carbonyl (C=O) groups is 1. The summed E-state index contributed by atoms with van der Waals surface area (Å²) >= 11 is 0. The number of phenols is 1. The summed E-state index contributed by atoms with van der Waals surface area (Å²) in [6.07, 6.45) is 0.403. The second-order valence-electron chi connectivity index (χ2n) is 6.31. The van der Waals surface area contributed by atoms with E-state index in [1.54, 1.807) is 18.2 Å². The predicted octanol–water partition coefficient (Wildman–Crippen LogP) is 2.26. The molecule has 8 nitrogen and oxygen atoms in total. The summed E-state index contributed by atoms with van der Waals surface area (Å²) in [7, 11) is 0. The number of aliphatic hydroxyl groups excluding tert-OH is 1. The first-order valence-electron chi connectivity index (χ1n) is 8.84. The minimum absolute atomic E-state index is 0.223. The van der Waals surface area contributed by atoms with Gasteiger partial charge in [-0.05, 0) is 49.7 Å². The van der Waals surface area contributed by atoms with Gasteiger partial charge in [-0.3, -0.25) is 4.79 Å². The molecule has 0 saturated heterocycles. The van der Waals surface area contributed by atoms with Crippen molar-refractivity contribution in [3.63, 3.8) is 0 Å². The molecular formula is C20H22N4O4. The van der Waals surface area contributed by atoms with E-state index in [2.05, 4.69) is 20.6 Å². The van der Waals surface area contributed by atoms with Gasteiger partial charge in [0, 0.05) is 5.69 Å². The van der Waals surface area contributed by atoms with Crippen LogP contribution in [-0.2, 0) is 4.79 Å². The molecule has 0 spiro atoms. The van der Waals surface area contributed by atoms with Crippen molar-refractivity contribution in [2.24, 2.45) is 0 Å². The maximum absolute atomic E-state index is 11.4. The largest absolute Gasteiger partial charge is 0.508 e. The molecule has 4 N–H and O–H groups in total. The van der Waals surface area contributed by atoms with Gasteiger partial charge in [-0.15, -0.1) is 0 Å². The molecule has 28 heavy (non-hydrogen) atoms. The Kier molecular flexibility index (Phi) is 5.90. The molecule has 146 valence electrons. The number of aliphatic hydroxyl groups is 1. The molecule has 3 rings (SSSR count). The van der Waals surface area contributed by atoms with Crippen molar-refractivity contribution in [3.8, 4) is 11.5 Å². The molecule has 0 aliphatic rings. The summed E-state index contributed by atoms with van der Waals surface area (Å²) in [5.41, 5.74) is 2.22. The number of benzene rings is 2. The van der Waals surface area contributed by atoms with Crippen LogP contribution in [0.2, 0.25) is 0 Å². The van der Waals surface area contributed by atoms with Crippen LogP contribution in [0.1, 0.15) is 12.5 Å². The zero-order chi connectivity index (χ0) is 20.1. The molecule has 1 aromatic heterocycles. The minimum atomic E-state index is -1.06. The highest BCUT2D eigenvalue weighted by Gasteiger charge is 2.12. The fourth-order valence-corrected chi connectivity index (χ4v) is 2.65. The van der Waals surface area contributed by atoms with Crippen molar-refractivity contribution in [2.45, 2.75) is 20.0 Å². The van der Waals surface area contributed by atoms with Crippen LogP contribution in [0, 0.1) is 6.92 Å². The Balaban J connectivity index is 1.81. The molecule has 1 amide bonds. The van der Waals surface area contributed by atoms with E-state index in [1.165, 1.54) is 13.3 Å². The first-order valence-corrected chi connectivity index (χ1v) is 8.84. The lowest BCUT2D eigenvalue weighted by Gasteiger charge is -2.14. The normalized spacial score (nSPS) is 11.8. The monoisotopic (exact) mass is 382 g/mol. The highest BCUT2D eigenvalue weighted by Crippen LogP contribution is 2.32. The van der Waals surface area contributed by atoms with Crippen LogP contribution in [-0.4, -0.2) is 45.3 Å². The maximum atomic E-state index is 11.4. The number of ether oxygens (including phenoxy) is 1.